The van der Waals surface area contributed by atoms with Gasteiger partial charge in [0.2, 0.25) is 0 Å². The van der Waals surface area contributed by atoms with E-state index >= 15 is 0 Å². The van der Waals surface area contributed by atoms with E-state index in [4.69, 9.17) is 11.6 Å². The molecule has 3 heteroatoms. The van der Waals surface area contributed by atoms with Crippen LogP contribution in [0.25, 0.3) is 0 Å². The van der Waals surface area contributed by atoms with Crippen molar-refractivity contribution in [2.45, 2.75) is 18.9 Å². The van der Waals surface area contributed by atoms with Gasteiger partial charge in [-0.05, 0) is 53.6 Å². The maximum Gasteiger partial charge on any atom is 0.126 e. The summed E-state index contributed by atoms with van der Waals surface area (Å²) in [5, 5.41) is 10.8. The molecular weight excluding hydrogens is 263 g/mol. The highest BCUT2D eigenvalue weighted by atomic mass is 35.5. The van der Waals surface area contributed by atoms with E-state index in [0.717, 1.165) is 17.5 Å². The third kappa shape index (κ3) is 2.38. The zero-order valence-corrected chi connectivity index (χ0v) is 11.1. The van der Waals surface area contributed by atoms with Crippen molar-refractivity contribution in [1.82, 2.24) is 0 Å². The molecule has 0 bridgehead atoms. The van der Waals surface area contributed by atoms with Crippen LogP contribution >= 0.6 is 11.6 Å². The fourth-order valence-corrected chi connectivity index (χ4v) is 3.02. The quantitative estimate of drug-likeness (QED) is 0.881. The van der Waals surface area contributed by atoms with Crippen molar-refractivity contribution in [2.75, 3.05) is 0 Å². The van der Waals surface area contributed by atoms with Crippen LogP contribution in [-0.4, -0.2) is 5.11 Å². The SMILES string of the molecule is OC1c2ccccc2CC1Cc1cc(Cl)ccc1F. The van der Waals surface area contributed by atoms with Gasteiger partial charge in [-0.15, -0.1) is 0 Å². The van der Waals surface area contributed by atoms with Crippen LogP contribution in [0.1, 0.15) is 22.8 Å². The van der Waals surface area contributed by atoms with E-state index in [9.17, 15) is 9.50 Å². The summed E-state index contributed by atoms with van der Waals surface area (Å²) in [5.74, 6) is -0.238. The molecule has 3 rings (SSSR count). The number of rotatable bonds is 2. The van der Waals surface area contributed by atoms with Gasteiger partial charge in [-0.3, -0.25) is 0 Å². The van der Waals surface area contributed by atoms with Crippen molar-refractivity contribution in [2.24, 2.45) is 5.92 Å². The molecule has 19 heavy (non-hydrogen) atoms. The number of benzene rings is 2. The smallest absolute Gasteiger partial charge is 0.126 e. The van der Waals surface area contributed by atoms with E-state index in [2.05, 4.69) is 0 Å². The van der Waals surface area contributed by atoms with E-state index < -0.39 is 6.10 Å². The van der Waals surface area contributed by atoms with Crippen molar-refractivity contribution in [1.29, 1.82) is 0 Å². The van der Waals surface area contributed by atoms with Gasteiger partial charge >= 0.3 is 0 Å². The predicted molar refractivity (Wildman–Crippen MR) is 73.7 cm³/mol. The Bertz CT molecular complexity index is 611. The Morgan fingerprint density at radius 3 is 2.79 bits per heavy atom. The highest BCUT2D eigenvalue weighted by molar-refractivity contribution is 6.30. The van der Waals surface area contributed by atoms with Crippen molar-refractivity contribution in [3.63, 3.8) is 0 Å². The van der Waals surface area contributed by atoms with E-state index in [-0.39, 0.29) is 11.7 Å². The minimum absolute atomic E-state index is 0.0189. The molecule has 0 heterocycles. The molecule has 1 aliphatic rings. The Morgan fingerprint density at radius 1 is 1.21 bits per heavy atom. The van der Waals surface area contributed by atoms with E-state index in [1.807, 2.05) is 24.3 Å². The highest BCUT2D eigenvalue weighted by Gasteiger charge is 2.31. The molecule has 1 N–H and O–H groups in total. The molecule has 0 aromatic heterocycles. The van der Waals surface area contributed by atoms with Gasteiger partial charge in [-0.25, -0.2) is 4.39 Å². The summed E-state index contributed by atoms with van der Waals surface area (Å²) in [5.41, 5.74) is 2.70. The van der Waals surface area contributed by atoms with Crippen LogP contribution in [-0.2, 0) is 12.8 Å². The molecule has 2 aromatic rings. The van der Waals surface area contributed by atoms with Crippen molar-refractivity contribution < 1.29 is 9.50 Å². The van der Waals surface area contributed by atoms with Crippen LogP contribution < -0.4 is 0 Å². The highest BCUT2D eigenvalue weighted by Crippen LogP contribution is 2.38. The van der Waals surface area contributed by atoms with Crippen molar-refractivity contribution >= 4 is 11.6 Å². The van der Waals surface area contributed by atoms with Crippen LogP contribution in [0.3, 0.4) is 0 Å². The molecule has 0 fully saturated rings. The van der Waals surface area contributed by atoms with Crippen molar-refractivity contribution in [3.05, 3.63) is 70.0 Å². The number of hydrogen-bond acceptors (Lipinski definition) is 1. The molecule has 0 saturated heterocycles. The Hall–Kier alpha value is -1.38. The fraction of sp³-hybridized carbons (Fsp3) is 0.250. The molecule has 0 aliphatic heterocycles. The average molecular weight is 277 g/mol. The van der Waals surface area contributed by atoms with Crippen molar-refractivity contribution in [3.8, 4) is 0 Å². The first kappa shape index (κ1) is 12.6. The molecule has 0 spiro atoms. The average Bonchev–Trinajstić information content (AvgIpc) is 2.72. The van der Waals surface area contributed by atoms with E-state index in [1.165, 1.54) is 6.07 Å². The summed E-state index contributed by atoms with van der Waals surface area (Å²) in [6, 6.07) is 12.4. The Morgan fingerprint density at radius 2 is 2.00 bits per heavy atom. The lowest BCUT2D eigenvalue weighted by atomic mass is 9.94. The molecule has 0 saturated carbocycles. The van der Waals surface area contributed by atoms with E-state index in [0.29, 0.717) is 17.0 Å². The maximum atomic E-state index is 13.7. The van der Waals surface area contributed by atoms with Crippen LogP contribution in [0.5, 0.6) is 0 Å². The van der Waals surface area contributed by atoms with Crippen LogP contribution in [0, 0.1) is 11.7 Å². The summed E-state index contributed by atoms with van der Waals surface area (Å²) < 4.78 is 13.7. The zero-order chi connectivity index (χ0) is 13.4. The Kier molecular flexibility index (Phi) is 3.29. The van der Waals surface area contributed by atoms with Gasteiger partial charge in [0, 0.05) is 5.02 Å². The Labute approximate surface area is 116 Å². The van der Waals surface area contributed by atoms with Gasteiger partial charge < -0.3 is 5.11 Å². The lowest BCUT2D eigenvalue weighted by molar-refractivity contribution is 0.123. The zero-order valence-electron chi connectivity index (χ0n) is 10.3. The first-order valence-corrected chi connectivity index (χ1v) is 6.73. The normalized spacial score (nSPS) is 21.4. The first-order chi connectivity index (χ1) is 9.15. The van der Waals surface area contributed by atoms with Gasteiger partial charge in [0.1, 0.15) is 5.82 Å². The molecular formula is C16H14ClFO. The molecule has 2 atom stereocenters. The third-order valence-electron chi connectivity index (χ3n) is 3.79. The number of aliphatic hydroxyl groups excluding tert-OH is 1. The summed E-state index contributed by atoms with van der Waals surface area (Å²) >= 11 is 5.90. The van der Waals surface area contributed by atoms with E-state index in [1.54, 1.807) is 12.1 Å². The van der Waals surface area contributed by atoms with Crippen LogP contribution in [0.4, 0.5) is 4.39 Å². The van der Waals surface area contributed by atoms with Gasteiger partial charge in [0.05, 0.1) is 6.10 Å². The summed E-state index contributed by atoms with van der Waals surface area (Å²) in [6.45, 7) is 0. The second-order valence-electron chi connectivity index (χ2n) is 5.05. The largest absolute Gasteiger partial charge is 0.388 e. The molecule has 1 aliphatic carbocycles. The van der Waals surface area contributed by atoms with Crippen LogP contribution in [0.2, 0.25) is 5.02 Å². The summed E-state index contributed by atoms with van der Waals surface area (Å²) in [6.07, 6.45) is 0.764. The monoisotopic (exact) mass is 276 g/mol. The number of fused-ring (bicyclic) bond motifs is 1. The van der Waals surface area contributed by atoms with Gasteiger partial charge in [-0.1, -0.05) is 35.9 Å². The Balaban J connectivity index is 1.85. The standard InChI is InChI=1S/C16H14ClFO/c17-13-5-6-15(18)11(9-13)8-12-7-10-3-1-2-4-14(10)16(12)19/h1-6,9,12,16,19H,7-8H2. The minimum Gasteiger partial charge on any atom is -0.388 e. The van der Waals surface area contributed by atoms with Crippen LogP contribution in [0.15, 0.2) is 42.5 Å². The number of hydrogen-bond donors (Lipinski definition) is 1. The summed E-state index contributed by atoms with van der Waals surface area (Å²) in [7, 11) is 0. The molecule has 98 valence electrons. The first-order valence-electron chi connectivity index (χ1n) is 6.35. The van der Waals surface area contributed by atoms with Gasteiger partial charge in [0.15, 0.2) is 0 Å². The molecule has 2 unspecified atom stereocenters. The number of aliphatic hydroxyl groups is 1. The van der Waals surface area contributed by atoms with Gasteiger partial charge in [0.25, 0.3) is 0 Å². The van der Waals surface area contributed by atoms with Gasteiger partial charge in [-0.2, -0.15) is 0 Å². The third-order valence-corrected chi connectivity index (χ3v) is 4.03. The second kappa shape index (κ2) is 4.95. The second-order valence-corrected chi connectivity index (χ2v) is 5.48. The molecule has 1 nitrogen and oxygen atoms in total. The molecule has 0 amide bonds. The maximum absolute atomic E-state index is 13.7. The number of halogens is 2. The molecule has 0 radical (unpaired) electrons. The minimum atomic E-state index is -0.519. The predicted octanol–water partition coefficient (Wildman–Crippen LogP) is 3.93. The lowest BCUT2D eigenvalue weighted by Gasteiger charge is -2.15. The lowest BCUT2D eigenvalue weighted by Crippen LogP contribution is -2.11. The fourth-order valence-electron chi connectivity index (χ4n) is 2.82. The topological polar surface area (TPSA) is 20.2 Å². The molecule has 2 aromatic carbocycles. The summed E-state index contributed by atoms with van der Waals surface area (Å²) in [4.78, 5) is 0.